The Labute approximate surface area is 179 Å². The average Bonchev–Trinajstić information content (AvgIpc) is 2.74. The van der Waals surface area contributed by atoms with E-state index in [4.69, 9.17) is 0 Å². The van der Waals surface area contributed by atoms with Crippen LogP contribution in [0.4, 0.5) is 23.2 Å². The van der Waals surface area contributed by atoms with Crippen molar-refractivity contribution in [1.29, 1.82) is 0 Å². The molecule has 0 spiro atoms. The van der Waals surface area contributed by atoms with E-state index < -0.39 is 41.4 Å². The number of hydrogen-bond acceptors (Lipinski definition) is 5. The molecule has 0 aliphatic heterocycles. The Bertz CT molecular complexity index is 1320. The standard InChI is InChI=1S/C22H19F4N3O3/c1-3-11-9-21(32,22(24,25)26)19(13-7-8-15(23)18(30)17(11)13)28-16-6-4-5-12-14(16)10-27-29(2)20(12)31/h3-8,10,19,28,30,32H,9H2,1-2H3/b11-3-/t19-,21-/m1/s1. The molecule has 32 heavy (non-hydrogen) atoms. The first-order valence-corrected chi connectivity index (χ1v) is 9.67. The molecule has 1 aliphatic carbocycles. The fourth-order valence-corrected chi connectivity index (χ4v) is 4.15. The molecule has 1 aromatic heterocycles. The molecule has 0 saturated heterocycles. The lowest BCUT2D eigenvalue weighted by Crippen LogP contribution is -2.54. The number of benzene rings is 2. The van der Waals surface area contributed by atoms with Gasteiger partial charge in [-0.15, -0.1) is 0 Å². The summed E-state index contributed by atoms with van der Waals surface area (Å²) in [4.78, 5) is 12.4. The Morgan fingerprint density at radius 1 is 1.25 bits per heavy atom. The minimum Gasteiger partial charge on any atom is -0.504 e. The summed E-state index contributed by atoms with van der Waals surface area (Å²) in [6.45, 7) is 1.44. The minimum atomic E-state index is -5.07. The minimum absolute atomic E-state index is 0.0386. The summed E-state index contributed by atoms with van der Waals surface area (Å²) in [6.07, 6.45) is -3.34. The van der Waals surface area contributed by atoms with Crippen molar-refractivity contribution in [3.05, 3.63) is 69.9 Å². The van der Waals surface area contributed by atoms with Crippen molar-refractivity contribution < 1.29 is 27.8 Å². The molecule has 10 heteroatoms. The van der Waals surface area contributed by atoms with Crippen LogP contribution in [0.3, 0.4) is 0 Å². The van der Waals surface area contributed by atoms with Gasteiger partial charge in [-0.25, -0.2) is 9.07 Å². The number of nitrogens with one attached hydrogen (secondary N) is 1. The van der Waals surface area contributed by atoms with Crippen LogP contribution in [0.15, 0.2) is 47.4 Å². The van der Waals surface area contributed by atoms with Crippen molar-refractivity contribution in [3.63, 3.8) is 0 Å². The number of hydrogen-bond donors (Lipinski definition) is 3. The summed E-state index contributed by atoms with van der Waals surface area (Å²) in [6, 6.07) is 4.59. The molecule has 3 N–H and O–H groups in total. The van der Waals surface area contributed by atoms with Crippen molar-refractivity contribution in [2.45, 2.75) is 31.2 Å². The number of phenolic OH excluding ortho intramolecular Hbond substituents is 1. The Balaban J connectivity index is 1.98. The monoisotopic (exact) mass is 449 g/mol. The molecule has 2 atom stereocenters. The maximum atomic E-state index is 14.2. The molecule has 0 unspecified atom stereocenters. The number of aryl methyl sites for hydroxylation is 1. The van der Waals surface area contributed by atoms with Crippen LogP contribution in [0.5, 0.6) is 5.75 Å². The number of anilines is 1. The van der Waals surface area contributed by atoms with Gasteiger partial charge < -0.3 is 15.5 Å². The van der Waals surface area contributed by atoms with Gasteiger partial charge in [-0.05, 0) is 36.3 Å². The van der Waals surface area contributed by atoms with Gasteiger partial charge in [0.15, 0.2) is 17.2 Å². The van der Waals surface area contributed by atoms with Crippen molar-refractivity contribution >= 4 is 22.0 Å². The third-order valence-electron chi connectivity index (χ3n) is 5.86. The molecule has 0 radical (unpaired) electrons. The Kier molecular flexibility index (Phi) is 5.00. The zero-order valence-corrected chi connectivity index (χ0v) is 17.0. The second-order valence-corrected chi connectivity index (χ2v) is 7.69. The van der Waals surface area contributed by atoms with E-state index in [2.05, 4.69) is 10.4 Å². The maximum Gasteiger partial charge on any atom is 0.419 e. The van der Waals surface area contributed by atoms with Gasteiger partial charge in [0.2, 0.25) is 0 Å². The molecular weight excluding hydrogens is 430 g/mol. The summed E-state index contributed by atoms with van der Waals surface area (Å²) in [7, 11) is 1.44. The molecule has 6 nitrogen and oxygen atoms in total. The normalized spacial score (nSPS) is 22.2. The van der Waals surface area contributed by atoms with Gasteiger partial charge >= 0.3 is 6.18 Å². The van der Waals surface area contributed by atoms with E-state index in [1.807, 2.05) is 0 Å². The van der Waals surface area contributed by atoms with E-state index in [1.165, 1.54) is 44.4 Å². The molecule has 0 saturated carbocycles. The molecular formula is C22H19F4N3O3. The van der Waals surface area contributed by atoms with E-state index in [-0.39, 0.29) is 33.2 Å². The predicted octanol–water partition coefficient (Wildman–Crippen LogP) is 4.03. The van der Waals surface area contributed by atoms with E-state index in [9.17, 15) is 32.6 Å². The highest BCUT2D eigenvalue weighted by Crippen LogP contribution is 2.54. The number of aromatic nitrogens is 2. The zero-order chi connectivity index (χ0) is 23.4. The van der Waals surface area contributed by atoms with Crippen LogP contribution in [-0.4, -0.2) is 31.8 Å². The smallest absolute Gasteiger partial charge is 0.419 e. The molecule has 4 rings (SSSR count). The van der Waals surface area contributed by atoms with E-state index in [0.29, 0.717) is 0 Å². The van der Waals surface area contributed by atoms with Crippen molar-refractivity contribution in [1.82, 2.24) is 9.78 Å². The fraction of sp³-hybridized carbons (Fsp3) is 0.273. The van der Waals surface area contributed by atoms with Gasteiger partial charge in [0.1, 0.15) is 0 Å². The van der Waals surface area contributed by atoms with Gasteiger partial charge in [-0.2, -0.15) is 18.3 Å². The number of phenols is 1. The molecule has 0 amide bonds. The lowest BCUT2D eigenvalue weighted by Gasteiger charge is -2.44. The number of fused-ring (bicyclic) bond motifs is 2. The van der Waals surface area contributed by atoms with E-state index >= 15 is 0 Å². The lowest BCUT2D eigenvalue weighted by molar-refractivity contribution is -0.265. The van der Waals surface area contributed by atoms with Crippen molar-refractivity contribution in [2.75, 3.05) is 5.32 Å². The summed E-state index contributed by atoms with van der Waals surface area (Å²) in [5.74, 6) is -1.78. The van der Waals surface area contributed by atoms with Gasteiger partial charge in [-0.1, -0.05) is 18.2 Å². The first-order chi connectivity index (χ1) is 15.0. The molecule has 0 bridgehead atoms. The third kappa shape index (κ3) is 3.13. The van der Waals surface area contributed by atoms with Crippen LogP contribution in [-0.2, 0) is 7.05 Å². The van der Waals surface area contributed by atoms with E-state index in [1.54, 1.807) is 0 Å². The highest BCUT2D eigenvalue weighted by Gasteiger charge is 2.61. The summed E-state index contributed by atoms with van der Waals surface area (Å²) in [5, 5.41) is 28.3. The average molecular weight is 449 g/mol. The number of aliphatic hydroxyl groups is 1. The summed E-state index contributed by atoms with van der Waals surface area (Å²) in [5.41, 5.74) is -3.87. The topological polar surface area (TPSA) is 87.4 Å². The molecule has 1 aliphatic rings. The number of aromatic hydroxyl groups is 1. The van der Waals surface area contributed by atoms with E-state index in [0.717, 1.165) is 16.8 Å². The highest BCUT2D eigenvalue weighted by molar-refractivity contribution is 5.93. The lowest BCUT2D eigenvalue weighted by atomic mass is 9.72. The van der Waals surface area contributed by atoms with Crippen LogP contribution in [0, 0.1) is 5.82 Å². The number of rotatable bonds is 2. The molecule has 1 heterocycles. The second kappa shape index (κ2) is 7.33. The summed E-state index contributed by atoms with van der Waals surface area (Å²) < 4.78 is 57.7. The third-order valence-corrected chi connectivity index (χ3v) is 5.86. The maximum absolute atomic E-state index is 14.2. The Morgan fingerprint density at radius 2 is 1.97 bits per heavy atom. The number of nitrogens with zero attached hydrogens (tertiary/aromatic N) is 2. The second-order valence-electron chi connectivity index (χ2n) is 7.69. The largest absolute Gasteiger partial charge is 0.504 e. The molecule has 0 fully saturated rings. The Morgan fingerprint density at radius 3 is 2.62 bits per heavy atom. The molecule has 3 aromatic rings. The van der Waals surface area contributed by atoms with Gasteiger partial charge in [0, 0.05) is 30.1 Å². The van der Waals surface area contributed by atoms with Gasteiger partial charge in [-0.3, -0.25) is 4.79 Å². The fourth-order valence-electron chi connectivity index (χ4n) is 4.15. The van der Waals surface area contributed by atoms with Crippen LogP contribution in [0.2, 0.25) is 0 Å². The first kappa shape index (κ1) is 21.8. The Hall–Kier alpha value is -3.40. The van der Waals surface area contributed by atoms with Crippen molar-refractivity contribution in [2.24, 2.45) is 7.05 Å². The zero-order valence-electron chi connectivity index (χ0n) is 17.0. The van der Waals surface area contributed by atoms with Crippen LogP contribution >= 0.6 is 0 Å². The quantitative estimate of drug-likeness (QED) is 0.515. The predicted molar refractivity (Wildman–Crippen MR) is 111 cm³/mol. The SMILES string of the molecule is C/C=C1/C[C@](O)(C(F)(F)F)[C@H](Nc2cccc3c(=O)n(C)ncc23)c2ccc(F)c(O)c21. The first-order valence-electron chi connectivity index (χ1n) is 9.67. The highest BCUT2D eigenvalue weighted by atomic mass is 19.4. The molecule has 2 aromatic carbocycles. The van der Waals surface area contributed by atoms with Crippen LogP contribution in [0.1, 0.15) is 30.5 Å². The number of halogens is 4. The van der Waals surface area contributed by atoms with Gasteiger partial charge in [0.05, 0.1) is 17.6 Å². The van der Waals surface area contributed by atoms with Crippen molar-refractivity contribution in [3.8, 4) is 5.75 Å². The van der Waals surface area contributed by atoms with Crippen LogP contribution in [0.25, 0.3) is 16.3 Å². The number of allylic oxidation sites excluding steroid dienone is 1. The van der Waals surface area contributed by atoms with Crippen LogP contribution < -0.4 is 10.9 Å². The number of alkyl halides is 3. The summed E-state index contributed by atoms with van der Waals surface area (Å²) >= 11 is 0. The molecule has 168 valence electrons. The van der Waals surface area contributed by atoms with Gasteiger partial charge in [0.25, 0.3) is 5.56 Å².